The number of rotatable bonds is 7. The van der Waals surface area contributed by atoms with E-state index >= 15 is 0 Å². The summed E-state index contributed by atoms with van der Waals surface area (Å²) < 4.78 is 0. The van der Waals surface area contributed by atoms with E-state index in [1.54, 1.807) is 0 Å². The van der Waals surface area contributed by atoms with Crippen molar-refractivity contribution in [3.63, 3.8) is 0 Å². The van der Waals surface area contributed by atoms with Gasteiger partial charge in [0.2, 0.25) is 17.7 Å². The Bertz CT molecular complexity index is 962. The summed E-state index contributed by atoms with van der Waals surface area (Å²) in [5.41, 5.74) is 3.64. The smallest absolute Gasteiger partial charge is 0.243 e. The number of anilines is 2. The molecule has 0 spiro atoms. The fourth-order valence-corrected chi connectivity index (χ4v) is 4.54. The van der Waals surface area contributed by atoms with Gasteiger partial charge < -0.3 is 16.0 Å². The third-order valence-corrected chi connectivity index (χ3v) is 6.72. The fourth-order valence-electron chi connectivity index (χ4n) is 3.84. The second kappa shape index (κ2) is 10.7. The summed E-state index contributed by atoms with van der Waals surface area (Å²) >= 11 is 1.42. The molecule has 3 amide bonds. The summed E-state index contributed by atoms with van der Waals surface area (Å²) in [5, 5.41) is 11.0. The van der Waals surface area contributed by atoms with Crippen LogP contribution in [0.2, 0.25) is 0 Å². The van der Waals surface area contributed by atoms with Crippen molar-refractivity contribution in [2.75, 3.05) is 30.3 Å². The Kier molecular flexibility index (Phi) is 7.98. The molecule has 1 saturated heterocycles. The van der Waals surface area contributed by atoms with Gasteiger partial charge in [0.1, 0.15) is 0 Å². The molecule has 0 radical (unpaired) electrons. The molecule has 2 aromatic rings. The van der Waals surface area contributed by atoms with Crippen molar-refractivity contribution < 1.29 is 14.4 Å². The minimum Gasteiger partial charge on any atom is -0.346 e. The van der Waals surface area contributed by atoms with Crippen molar-refractivity contribution in [1.29, 1.82) is 0 Å². The second-order valence-corrected chi connectivity index (χ2v) is 9.16. The average Bonchev–Trinajstić information content (AvgIpc) is 3.18. The average molecular weight is 458 g/mol. The van der Waals surface area contributed by atoms with Gasteiger partial charge in [-0.2, -0.15) is 0 Å². The molecule has 0 bridgehead atoms. The molecule has 1 aliphatic heterocycles. The van der Waals surface area contributed by atoms with Crippen molar-refractivity contribution in [1.82, 2.24) is 15.2 Å². The van der Waals surface area contributed by atoms with Crippen LogP contribution in [0.5, 0.6) is 0 Å². The molecule has 1 aromatic heterocycles. The Labute approximate surface area is 192 Å². The van der Waals surface area contributed by atoms with Gasteiger partial charge in [0, 0.05) is 17.0 Å². The second-order valence-electron chi connectivity index (χ2n) is 8.30. The summed E-state index contributed by atoms with van der Waals surface area (Å²) in [7, 11) is 0. The highest BCUT2D eigenvalue weighted by Gasteiger charge is 2.30. The molecule has 3 rings (SSSR count). The number of benzene rings is 1. The zero-order valence-electron chi connectivity index (χ0n) is 19.0. The number of hydrogen-bond donors (Lipinski definition) is 3. The molecule has 3 N–H and O–H groups in total. The van der Waals surface area contributed by atoms with Gasteiger partial charge in [0.15, 0.2) is 5.13 Å². The van der Waals surface area contributed by atoms with Crippen LogP contribution >= 0.6 is 11.3 Å². The van der Waals surface area contributed by atoms with Crippen LogP contribution in [-0.2, 0) is 14.4 Å². The van der Waals surface area contributed by atoms with E-state index in [2.05, 4.69) is 25.8 Å². The van der Waals surface area contributed by atoms with Crippen LogP contribution in [0.1, 0.15) is 36.6 Å². The molecule has 1 fully saturated rings. The highest BCUT2D eigenvalue weighted by Crippen LogP contribution is 2.22. The van der Waals surface area contributed by atoms with Crippen molar-refractivity contribution >= 4 is 39.9 Å². The Morgan fingerprint density at radius 2 is 1.78 bits per heavy atom. The van der Waals surface area contributed by atoms with Gasteiger partial charge in [0.05, 0.1) is 18.3 Å². The molecular weight excluding hydrogens is 426 g/mol. The maximum absolute atomic E-state index is 12.6. The highest BCUT2D eigenvalue weighted by atomic mass is 32.1. The van der Waals surface area contributed by atoms with Crippen molar-refractivity contribution in [2.24, 2.45) is 5.92 Å². The monoisotopic (exact) mass is 457 g/mol. The Hall–Kier alpha value is -2.78. The molecule has 1 unspecified atom stereocenters. The van der Waals surface area contributed by atoms with Crippen molar-refractivity contribution in [2.45, 2.75) is 46.6 Å². The first kappa shape index (κ1) is 23.9. The van der Waals surface area contributed by atoms with Crippen LogP contribution in [-0.4, -0.2) is 53.3 Å². The Morgan fingerprint density at radius 3 is 2.38 bits per heavy atom. The predicted octanol–water partition coefficient (Wildman–Crippen LogP) is 2.86. The van der Waals surface area contributed by atoms with Gasteiger partial charge in [-0.05, 0) is 64.8 Å². The van der Waals surface area contributed by atoms with E-state index in [9.17, 15) is 14.4 Å². The van der Waals surface area contributed by atoms with Crippen LogP contribution in [0.15, 0.2) is 23.6 Å². The van der Waals surface area contributed by atoms with Gasteiger partial charge in [-0.15, -0.1) is 11.3 Å². The first-order valence-electron chi connectivity index (χ1n) is 10.9. The van der Waals surface area contributed by atoms with Crippen LogP contribution in [0.3, 0.4) is 0 Å². The largest absolute Gasteiger partial charge is 0.346 e. The number of nitrogens with one attached hydrogen (secondary N) is 3. The lowest BCUT2D eigenvalue weighted by Crippen LogP contribution is -2.50. The minimum atomic E-state index is -0.367. The molecule has 9 heteroatoms. The molecule has 8 nitrogen and oxygen atoms in total. The van der Waals surface area contributed by atoms with Gasteiger partial charge in [-0.3, -0.25) is 19.3 Å². The van der Waals surface area contributed by atoms with Crippen LogP contribution < -0.4 is 16.0 Å². The van der Waals surface area contributed by atoms with Crippen molar-refractivity contribution in [3.8, 4) is 0 Å². The van der Waals surface area contributed by atoms with E-state index in [0.717, 1.165) is 22.5 Å². The number of carbonyl (C=O) groups is 3. The summed E-state index contributed by atoms with van der Waals surface area (Å²) in [5.74, 6) is -0.549. The Morgan fingerprint density at radius 1 is 1.12 bits per heavy atom. The first-order valence-corrected chi connectivity index (χ1v) is 11.7. The third-order valence-electron chi connectivity index (χ3n) is 5.85. The predicted molar refractivity (Wildman–Crippen MR) is 127 cm³/mol. The summed E-state index contributed by atoms with van der Waals surface area (Å²) in [6, 6.07) is 5.45. The molecular formula is C23H31N5O3S. The number of para-hydroxylation sites is 1. The normalized spacial score (nSPS) is 15.8. The van der Waals surface area contributed by atoms with E-state index < -0.39 is 0 Å². The van der Waals surface area contributed by atoms with Gasteiger partial charge in [0.25, 0.3) is 0 Å². The standard InChI is InChI=1S/C23H31N5O3S/c1-14-6-5-7-15(2)20(14)26-19(29)12-24-21(30)17(4)28-10-8-18(9-11-28)22(31)27-23-25-16(3)13-32-23/h5-7,13,17-18H,8-12H2,1-4H3,(H,24,30)(H,26,29)(H,25,27,31). The van der Waals surface area contributed by atoms with Gasteiger partial charge in [-0.25, -0.2) is 4.98 Å². The number of aryl methyl sites for hydroxylation is 3. The number of thiazole rings is 1. The molecule has 1 aliphatic rings. The molecule has 32 heavy (non-hydrogen) atoms. The summed E-state index contributed by atoms with van der Waals surface area (Å²) in [4.78, 5) is 43.7. The zero-order chi connectivity index (χ0) is 23.3. The molecule has 1 aromatic carbocycles. The number of hydrogen-bond acceptors (Lipinski definition) is 6. The fraction of sp³-hybridized carbons (Fsp3) is 0.478. The Balaban J connectivity index is 1.42. The number of nitrogens with zero attached hydrogens (tertiary/aromatic N) is 2. The maximum Gasteiger partial charge on any atom is 0.243 e. The van der Waals surface area contributed by atoms with E-state index in [1.165, 1.54) is 11.3 Å². The molecule has 0 saturated carbocycles. The van der Waals surface area contributed by atoms with E-state index in [1.807, 2.05) is 51.3 Å². The zero-order valence-corrected chi connectivity index (χ0v) is 19.8. The number of amides is 3. The van der Waals surface area contributed by atoms with E-state index in [0.29, 0.717) is 31.1 Å². The number of piperidine rings is 1. The molecule has 2 heterocycles. The van der Waals surface area contributed by atoms with Crippen LogP contribution in [0.4, 0.5) is 10.8 Å². The molecule has 1 atom stereocenters. The first-order chi connectivity index (χ1) is 15.2. The van der Waals surface area contributed by atoms with E-state index in [4.69, 9.17) is 0 Å². The van der Waals surface area contributed by atoms with E-state index in [-0.39, 0.29) is 36.2 Å². The molecule has 172 valence electrons. The lowest BCUT2D eigenvalue weighted by molar-refractivity contribution is -0.129. The van der Waals surface area contributed by atoms with Crippen LogP contribution in [0.25, 0.3) is 0 Å². The highest BCUT2D eigenvalue weighted by molar-refractivity contribution is 7.13. The van der Waals surface area contributed by atoms with Gasteiger partial charge >= 0.3 is 0 Å². The topological polar surface area (TPSA) is 103 Å². The lowest BCUT2D eigenvalue weighted by Gasteiger charge is -2.34. The third kappa shape index (κ3) is 6.14. The number of likely N-dealkylation sites (tertiary alicyclic amines) is 1. The quantitative estimate of drug-likeness (QED) is 0.593. The van der Waals surface area contributed by atoms with Crippen molar-refractivity contribution in [3.05, 3.63) is 40.4 Å². The molecule has 0 aliphatic carbocycles. The van der Waals surface area contributed by atoms with Crippen LogP contribution in [0, 0.1) is 26.7 Å². The summed E-state index contributed by atoms with van der Waals surface area (Å²) in [6.45, 7) is 8.82. The number of aromatic nitrogens is 1. The minimum absolute atomic E-state index is 0.0146. The maximum atomic E-state index is 12.6. The SMILES string of the molecule is Cc1csc(NC(=O)C2CCN(C(C)C(=O)NCC(=O)Nc3c(C)cccc3C)CC2)n1. The lowest BCUT2D eigenvalue weighted by atomic mass is 9.95. The summed E-state index contributed by atoms with van der Waals surface area (Å²) in [6.07, 6.45) is 1.36. The number of carbonyl (C=O) groups excluding carboxylic acids is 3. The van der Waals surface area contributed by atoms with Gasteiger partial charge in [-0.1, -0.05) is 18.2 Å².